The normalized spacial score (nSPS) is 19.3. The monoisotopic (exact) mass is 402 g/mol. The Morgan fingerprint density at radius 2 is 2.03 bits per heavy atom. The summed E-state index contributed by atoms with van der Waals surface area (Å²) in [4.78, 5) is 24.1. The van der Waals surface area contributed by atoms with E-state index in [1.165, 1.54) is 24.5 Å². The molecule has 1 fully saturated rings. The number of hydrogen-bond acceptors (Lipinski definition) is 6. The van der Waals surface area contributed by atoms with Crippen molar-refractivity contribution in [2.45, 2.75) is 18.0 Å². The molecule has 0 aliphatic carbocycles. The largest absolute Gasteiger partial charge is 0.405 e. The predicted octanol–water partition coefficient (Wildman–Crippen LogP) is 2.68. The van der Waals surface area contributed by atoms with E-state index in [0.29, 0.717) is 5.56 Å². The predicted molar refractivity (Wildman–Crippen MR) is 91.3 cm³/mol. The average molecular weight is 402 g/mol. The molecule has 0 saturated carbocycles. The fraction of sp³-hybridized carbons (Fsp3) is 0.278. The Kier molecular flexibility index (Phi) is 4.34. The van der Waals surface area contributed by atoms with Crippen LogP contribution < -0.4 is 0 Å². The van der Waals surface area contributed by atoms with Gasteiger partial charge in [0.2, 0.25) is 11.7 Å². The van der Waals surface area contributed by atoms with Gasteiger partial charge in [-0.1, -0.05) is 5.16 Å². The number of nitrogens with one attached hydrogen (secondary N) is 1. The second-order valence-corrected chi connectivity index (χ2v) is 6.61. The fourth-order valence-corrected chi connectivity index (χ4v) is 3.30. The summed E-state index contributed by atoms with van der Waals surface area (Å²) in [6.07, 6.45) is -2.19. The highest BCUT2D eigenvalue weighted by molar-refractivity contribution is 5.93. The highest BCUT2D eigenvalue weighted by Crippen LogP contribution is 2.47. The lowest BCUT2D eigenvalue weighted by Crippen LogP contribution is -2.46. The molecule has 1 aliphatic rings. The Hall–Kier alpha value is -3.68. The number of aromatic amines is 1. The summed E-state index contributed by atoms with van der Waals surface area (Å²) in [5, 5.41) is 12.5. The van der Waals surface area contributed by atoms with Gasteiger partial charge in [-0.3, -0.25) is 9.78 Å². The number of H-pyrrole nitrogens is 1. The van der Waals surface area contributed by atoms with Gasteiger partial charge in [0.15, 0.2) is 5.41 Å². The third kappa shape index (κ3) is 3.12. The Bertz CT molecular complexity index is 1080. The summed E-state index contributed by atoms with van der Waals surface area (Å²) in [6, 6.07) is 7.69. The summed E-state index contributed by atoms with van der Waals surface area (Å²) < 4.78 is 47.3. The van der Waals surface area contributed by atoms with Gasteiger partial charge >= 0.3 is 6.18 Å². The SMILES string of the molecule is N#Cc1ccc(C(=O)N2CCC(c3nc(-c4ccncc4)no3)(C(F)(F)F)C2)[nH]1. The number of rotatable bonds is 3. The molecule has 0 aromatic carbocycles. The van der Waals surface area contributed by atoms with Gasteiger partial charge in [-0.15, -0.1) is 0 Å². The summed E-state index contributed by atoms with van der Waals surface area (Å²) in [7, 11) is 0. The number of aromatic nitrogens is 4. The van der Waals surface area contributed by atoms with Gasteiger partial charge in [0.05, 0.1) is 0 Å². The van der Waals surface area contributed by atoms with Crippen molar-refractivity contribution >= 4 is 5.91 Å². The molecule has 29 heavy (non-hydrogen) atoms. The van der Waals surface area contributed by atoms with Crippen molar-refractivity contribution < 1.29 is 22.5 Å². The molecule has 0 bridgehead atoms. The van der Waals surface area contributed by atoms with E-state index in [1.54, 1.807) is 12.1 Å². The quantitative estimate of drug-likeness (QED) is 0.721. The maximum absolute atomic E-state index is 14.1. The lowest BCUT2D eigenvalue weighted by molar-refractivity contribution is -0.193. The highest BCUT2D eigenvalue weighted by Gasteiger charge is 2.63. The molecule has 8 nitrogen and oxygen atoms in total. The second kappa shape index (κ2) is 6.73. The first kappa shape index (κ1) is 18.7. The molecule has 0 spiro atoms. The topological polar surface area (TPSA) is 112 Å². The van der Waals surface area contributed by atoms with E-state index in [-0.39, 0.29) is 23.8 Å². The molecule has 1 N–H and O–H groups in total. The van der Waals surface area contributed by atoms with E-state index in [4.69, 9.17) is 9.78 Å². The first-order valence-electron chi connectivity index (χ1n) is 8.54. The Labute approximate surface area is 162 Å². The van der Waals surface area contributed by atoms with Gasteiger partial charge in [-0.2, -0.15) is 23.4 Å². The number of alkyl halides is 3. The highest BCUT2D eigenvalue weighted by atomic mass is 19.4. The zero-order chi connectivity index (χ0) is 20.6. The molecular weight excluding hydrogens is 389 g/mol. The van der Waals surface area contributed by atoms with Gasteiger partial charge in [-0.05, 0) is 30.7 Å². The van der Waals surface area contributed by atoms with Crippen LogP contribution in [-0.2, 0) is 5.41 Å². The lowest BCUT2D eigenvalue weighted by Gasteiger charge is -2.27. The van der Waals surface area contributed by atoms with E-state index in [1.807, 2.05) is 6.07 Å². The van der Waals surface area contributed by atoms with Crippen LogP contribution in [0.25, 0.3) is 11.4 Å². The Morgan fingerprint density at radius 1 is 1.28 bits per heavy atom. The summed E-state index contributed by atoms with van der Waals surface area (Å²) in [5.74, 6) is -1.21. The minimum Gasteiger partial charge on any atom is -0.342 e. The first-order chi connectivity index (χ1) is 13.8. The maximum atomic E-state index is 14.1. The average Bonchev–Trinajstić information content (AvgIpc) is 3.46. The minimum atomic E-state index is -4.71. The number of likely N-dealkylation sites (tertiary alicyclic amines) is 1. The van der Waals surface area contributed by atoms with E-state index in [9.17, 15) is 18.0 Å². The zero-order valence-electron chi connectivity index (χ0n) is 14.8. The van der Waals surface area contributed by atoms with Gasteiger partial charge < -0.3 is 14.4 Å². The molecule has 1 aliphatic heterocycles. The number of pyridine rings is 1. The third-order valence-corrected chi connectivity index (χ3v) is 4.91. The number of halogens is 3. The van der Waals surface area contributed by atoms with Crippen molar-refractivity contribution in [2.75, 3.05) is 13.1 Å². The van der Waals surface area contributed by atoms with Crippen LogP contribution in [0.1, 0.15) is 28.5 Å². The first-order valence-corrected chi connectivity index (χ1v) is 8.54. The van der Waals surface area contributed by atoms with Crippen molar-refractivity contribution in [3.05, 3.63) is 53.9 Å². The summed E-state index contributed by atoms with van der Waals surface area (Å²) in [6.45, 7) is -0.805. The van der Waals surface area contributed by atoms with Gasteiger partial charge in [0.1, 0.15) is 17.5 Å². The lowest BCUT2D eigenvalue weighted by atomic mass is 9.86. The van der Waals surface area contributed by atoms with Crippen LogP contribution in [0.5, 0.6) is 0 Å². The Balaban J connectivity index is 1.65. The van der Waals surface area contributed by atoms with Crippen molar-refractivity contribution in [3.63, 3.8) is 0 Å². The number of nitrogens with zero attached hydrogens (tertiary/aromatic N) is 5. The number of amides is 1. The van der Waals surface area contributed by atoms with Crippen molar-refractivity contribution in [3.8, 4) is 17.5 Å². The van der Waals surface area contributed by atoms with Gasteiger partial charge in [0.25, 0.3) is 5.91 Å². The molecule has 1 amide bonds. The van der Waals surface area contributed by atoms with Gasteiger partial charge in [0, 0.05) is 31.0 Å². The smallest absolute Gasteiger partial charge is 0.342 e. The van der Waals surface area contributed by atoms with Crippen LogP contribution in [0.4, 0.5) is 13.2 Å². The number of carbonyl (C=O) groups excluding carboxylic acids is 1. The third-order valence-electron chi connectivity index (χ3n) is 4.91. The summed E-state index contributed by atoms with van der Waals surface area (Å²) >= 11 is 0. The molecule has 148 valence electrons. The molecule has 1 saturated heterocycles. The second-order valence-electron chi connectivity index (χ2n) is 6.61. The van der Waals surface area contributed by atoms with Crippen molar-refractivity contribution in [1.29, 1.82) is 5.26 Å². The van der Waals surface area contributed by atoms with Crippen molar-refractivity contribution in [1.82, 2.24) is 25.0 Å². The van der Waals surface area contributed by atoms with Crippen LogP contribution >= 0.6 is 0 Å². The zero-order valence-corrected chi connectivity index (χ0v) is 14.8. The fourth-order valence-electron chi connectivity index (χ4n) is 3.30. The molecule has 1 unspecified atom stereocenters. The summed E-state index contributed by atoms with van der Waals surface area (Å²) in [5.41, 5.74) is -1.81. The molecule has 1 atom stereocenters. The molecule has 3 aromatic rings. The minimum absolute atomic E-state index is 0.0128. The number of hydrogen-bond donors (Lipinski definition) is 1. The van der Waals surface area contributed by atoms with E-state index in [0.717, 1.165) is 4.90 Å². The maximum Gasteiger partial charge on any atom is 0.405 e. The van der Waals surface area contributed by atoms with Crippen LogP contribution in [0.2, 0.25) is 0 Å². The molecule has 11 heteroatoms. The molecule has 4 heterocycles. The van der Waals surface area contributed by atoms with Crippen LogP contribution in [0, 0.1) is 11.3 Å². The number of nitriles is 1. The van der Waals surface area contributed by atoms with E-state index in [2.05, 4.69) is 20.1 Å². The van der Waals surface area contributed by atoms with Gasteiger partial charge in [-0.25, -0.2) is 0 Å². The molecular formula is C18H13F3N6O2. The molecule has 3 aromatic heterocycles. The van der Waals surface area contributed by atoms with Crippen molar-refractivity contribution in [2.24, 2.45) is 0 Å². The van der Waals surface area contributed by atoms with E-state index >= 15 is 0 Å². The van der Waals surface area contributed by atoms with Crippen LogP contribution in [0.15, 0.2) is 41.2 Å². The Morgan fingerprint density at radius 3 is 2.69 bits per heavy atom. The van der Waals surface area contributed by atoms with Crippen LogP contribution in [-0.4, -0.2) is 50.2 Å². The number of carbonyl (C=O) groups is 1. The van der Waals surface area contributed by atoms with Crippen LogP contribution in [0.3, 0.4) is 0 Å². The molecule has 0 radical (unpaired) electrons. The molecule has 4 rings (SSSR count). The standard InChI is InChI=1S/C18H13F3N6O2/c19-18(20,21)17(16-25-14(26-29-16)11-3-6-23-7-4-11)5-8-27(10-17)15(28)13-2-1-12(9-22)24-13/h1-4,6-7,24H,5,8,10H2. The van der Waals surface area contributed by atoms with E-state index < -0.39 is 36.4 Å².